The number of hydrogen-bond donors (Lipinski definition) is 0. The van der Waals surface area contributed by atoms with Gasteiger partial charge in [0.2, 0.25) is 0 Å². The van der Waals surface area contributed by atoms with Crippen molar-refractivity contribution in [2.45, 2.75) is 25.6 Å². The Hall–Kier alpha value is 0.320. The Bertz CT molecular complexity index is 189. The Balaban J connectivity index is 0.00000144. The molecule has 1 fully saturated rings. The minimum absolute atomic E-state index is 0. The van der Waals surface area contributed by atoms with Gasteiger partial charge < -0.3 is 33.2 Å². The summed E-state index contributed by atoms with van der Waals surface area (Å²) in [6, 6.07) is 0. The summed E-state index contributed by atoms with van der Waals surface area (Å²) in [4.78, 5) is 11.1. The van der Waals surface area contributed by atoms with Gasteiger partial charge in [-0.05, 0) is 6.92 Å². The van der Waals surface area contributed by atoms with Gasteiger partial charge in [0.15, 0.2) is 5.78 Å². The van der Waals surface area contributed by atoms with Crippen LogP contribution in [-0.4, -0.2) is 50.2 Å². The van der Waals surface area contributed by atoms with E-state index in [0.717, 1.165) is 11.0 Å². The van der Waals surface area contributed by atoms with Gasteiger partial charge in [0, 0.05) is 6.42 Å². The van der Waals surface area contributed by atoms with Crippen LogP contribution in [-0.2, 0) is 9.53 Å². The quantitative estimate of drug-likeness (QED) is 0.414. The van der Waals surface area contributed by atoms with Crippen LogP contribution in [0, 0.1) is 0 Å². The van der Waals surface area contributed by atoms with E-state index in [1.165, 1.54) is 0 Å². The largest absolute Gasteiger partial charge is 1.00 e. The van der Waals surface area contributed by atoms with Crippen LogP contribution in [0.2, 0.25) is 0 Å². The van der Waals surface area contributed by atoms with Gasteiger partial charge in [0.1, 0.15) is 18.8 Å². The third-order valence-corrected chi connectivity index (χ3v) is 2.03. The molecule has 1 heterocycles. The fraction of sp³-hybridized carbons (Fsp3) is 0.889. The number of likely N-dealkylation sites (N-methyl/N-ethyl adjacent to an activating group) is 1. The molecule has 0 aliphatic carbocycles. The van der Waals surface area contributed by atoms with Crippen LogP contribution in [0.15, 0.2) is 0 Å². The number of ketones is 1. The molecule has 0 spiro atoms. The number of hydrogen-bond acceptors (Lipinski definition) is 2. The highest BCUT2D eigenvalue weighted by atomic mass is 127. The van der Waals surface area contributed by atoms with Gasteiger partial charge in [-0.2, -0.15) is 0 Å². The summed E-state index contributed by atoms with van der Waals surface area (Å²) in [5, 5.41) is 0. The molecule has 1 aliphatic rings. The number of carbonyl (C=O) groups excluding carboxylic acids is 1. The molecule has 0 radical (unpaired) electrons. The van der Waals surface area contributed by atoms with Crippen LogP contribution in [0.3, 0.4) is 0 Å². The lowest BCUT2D eigenvalue weighted by Gasteiger charge is -2.26. The first kappa shape index (κ1) is 13.3. The molecule has 1 saturated heterocycles. The molecule has 78 valence electrons. The lowest BCUT2D eigenvalue weighted by Crippen LogP contribution is -3.00. The summed E-state index contributed by atoms with van der Waals surface area (Å²) < 4.78 is 6.34. The van der Waals surface area contributed by atoms with Gasteiger partial charge in [-0.3, -0.25) is 4.79 Å². The van der Waals surface area contributed by atoms with Crippen molar-refractivity contribution in [3.63, 3.8) is 0 Å². The van der Waals surface area contributed by atoms with Crippen molar-refractivity contribution in [1.29, 1.82) is 0 Å². The Labute approximate surface area is 97.0 Å². The molecule has 0 amide bonds. The van der Waals surface area contributed by atoms with Crippen molar-refractivity contribution >= 4 is 5.78 Å². The Morgan fingerprint density at radius 2 is 2.00 bits per heavy atom. The molecule has 0 aromatic carbocycles. The normalized spacial score (nSPS) is 28.8. The molecule has 0 bridgehead atoms. The van der Waals surface area contributed by atoms with Gasteiger partial charge in [0.05, 0.1) is 21.1 Å². The van der Waals surface area contributed by atoms with Crippen LogP contribution in [0.4, 0.5) is 0 Å². The number of nitrogens with zero attached hydrogens (tertiary/aromatic N) is 1. The Morgan fingerprint density at radius 3 is 2.31 bits per heavy atom. The number of ether oxygens (including phenoxy) is 1. The Morgan fingerprint density at radius 1 is 1.46 bits per heavy atom. The molecule has 0 aromatic rings. The van der Waals surface area contributed by atoms with E-state index in [2.05, 4.69) is 21.1 Å². The monoisotopic (exact) mass is 299 g/mol. The summed E-state index contributed by atoms with van der Waals surface area (Å²) in [5.74, 6) is 0.244. The van der Waals surface area contributed by atoms with Crippen molar-refractivity contribution in [2.24, 2.45) is 0 Å². The second kappa shape index (κ2) is 4.70. The first-order valence-corrected chi connectivity index (χ1v) is 4.37. The average Bonchev–Trinajstić information content (AvgIpc) is 2.07. The lowest BCUT2D eigenvalue weighted by molar-refractivity contribution is -0.873. The van der Waals surface area contributed by atoms with Gasteiger partial charge in [0.25, 0.3) is 0 Å². The summed E-state index contributed by atoms with van der Waals surface area (Å²) in [7, 11) is 6.32. The average molecular weight is 299 g/mol. The zero-order chi connectivity index (χ0) is 9.35. The van der Waals surface area contributed by atoms with Crippen molar-refractivity contribution in [3.8, 4) is 0 Å². The molecule has 2 unspecified atom stereocenters. The lowest BCUT2D eigenvalue weighted by atomic mass is 10.2. The fourth-order valence-corrected chi connectivity index (χ4v) is 1.52. The summed E-state index contributed by atoms with van der Waals surface area (Å²) in [6.07, 6.45) is 0.547. The maximum absolute atomic E-state index is 11.1. The molecule has 0 aromatic heterocycles. The number of carbonyl (C=O) groups is 1. The molecule has 1 aliphatic heterocycles. The highest BCUT2D eigenvalue weighted by Gasteiger charge is 2.33. The predicted octanol–water partition coefficient (Wildman–Crippen LogP) is -2.56. The maximum Gasteiger partial charge on any atom is 0.164 e. The van der Waals surface area contributed by atoms with Crippen LogP contribution in [0.1, 0.15) is 13.3 Å². The topological polar surface area (TPSA) is 26.3 Å². The standard InChI is InChI=1S/C9H18NO2.HI/c1-7-9(11)5-8(12-7)6-10(2,3)4;/h7-8H,5-6H2,1-4H3;1H/q+1;/p-1. The highest BCUT2D eigenvalue weighted by Crippen LogP contribution is 2.17. The zero-order valence-corrected chi connectivity index (χ0v) is 10.9. The van der Waals surface area contributed by atoms with E-state index in [9.17, 15) is 4.79 Å². The van der Waals surface area contributed by atoms with Crippen molar-refractivity contribution in [1.82, 2.24) is 0 Å². The third kappa shape index (κ3) is 4.37. The van der Waals surface area contributed by atoms with E-state index in [-0.39, 0.29) is 42.0 Å². The first-order valence-electron chi connectivity index (χ1n) is 4.37. The fourth-order valence-electron chi connectivity index (χ4n) is 1.52. The van der Waals surface area contributed by atoms with E-state index < -0.39 is 0 Å². The minimum atomic E-state index is -0.179. The highest BCUT2D eigenvalue weighted by molar-refractivity contribution is 5.84. The number of rotatable bonds is 2. The number of Topliss-reactive ketones (excluding diaryl/α,β-unsaturated/α-hetero) is 1. The van der Waals surface area contributed by atoms with Crippen LogP contribution in [0.25, 0.3) is 0 Å². The summed E-state index contributed by atoms with van der Waals surface area (Å²) in [6.45, 7) is 2.74. The second-order valence-electron chi connectivity index (χ2n) is 4.54. The smallest absolute Gasteiger partial charge is 0.164 e. The molecule has 0 N–H and O–H groups in total. The predicted molar refractivity (Wildman–Crippen MR) is 46.9 cm³/mol. The third-order valence-electron chi connectivity index (χ3n) is 2.03. The molecule has 2 atom stereocenters. The van der Waals surface area contributed by atoms with Gasteiger partial charge in [-0.15, -0.1) is 0 Å². The van der Waals surface area contributed by atoms with Crippen LogP contribution in [0.5, 0.6) is 0 Å². The maximum atomic E-state index is 11.1. The molecular formula is C9H18INO2. The molecule has 1 rings (SSSR count). The number of halogens is 1. The van der Waals surface area contributed by atoms with E-state index in [1.807, 2.05) is 6.92 Å². The molecule has 13 heavy (non-hydrogen) atoms. The van der Waals surface area contributed by atoms with E-state index in [1.54, 1.807) is 0 Å². The molecular weight excluding hydrogens is 281 g/mol. The minimum Gasteiger partial charge on any atom is -1.00 e. The van der Waals surface area contributed by atoms with Crippen molar-refractivity contribution in [2.75, 3.05) is 27.7 Å². The van der Waals surface area contributed by atoms with Gasteiger partial charge in [-0.25, -0.2) is 0 Å². The molecule has 4 heteroatoms. The van der Waals surface area contributed by atoms with Gasteiger partial charge >= 0.3 is 0 Å². The van der Waals surface area contributed by atoms with Crippen LogP contribution >= 0.6 is 0 Å². The van der Waals surface area contributed by atoms with Crippen molar-refractivity contribution in [3.05, 3.63) is 0 Å². The van der Waals surface area contributed by atoms with Gasteiger partial charge in [-0.1, -0.05) is 0 Å². The van der Waals surface area contributed by atoms with E-state index >= 15 is 0 Å². The second-order valence-corrected chi connectivity index (χ2v) is 4.54. The zero-order valence-electron chi connectivity index (χ0n) is 8.71. The summed E-state index contributed by atoms with van der Waals surface area (Å²) in [5.41, 5.74) is 0. The van der Waals surface area contributed by atoms with Crippen LogP contribution < -0.4 is 24.0 Å². The van der Waals surface area contributed by atoms with E-state index in [4.69, 9.17) is 4.74 Å². The SMILES string of the molecule is CC1OC(C[N+](C)(C)C)CC1=O.[I-]. The number of quaternary nitrogens is 1. The Kier molecular flexibility index (Phi) is 4.82. The molecule has 3 nitrogen and oxygen atoms in total. The first-order chi connectivity index (χ1) is 5.38. The van der Waals surface area contributed by atoms with E-state index in [0.29, 0.717) is 6.42 Å². The molecule has 0 saturated carbocycles. The summed E-state index contributed by atoms with van der Waals surface area (Å²) >= 11 is 0. The van der Waals surface area contributed by atoms with Crippen molar-refractivity contribution < 1.29 is 38.0 Å².